The van der Waals surface area contributed by atoms with Crippen molar-refractivity contribution < 1.29 is 9.84 Å². The molecule has 19 heavy (non-hydrogen) atoms. The highest BCUT2D eigenvalue weighted by atomic mass is 79.9. The van der Waals surface area contributed by atoms with E-state index in [-0.39, 0.29) is 21.2 Å². The minimum absolute atomic E-state index is 0.113. The zero-order valence-corrected chi connectivity index (χ0v) is 15.6. The van der Waals surface area contributed by atoms with E-state index in [0.29, 0.717) is 6.42 Å². The molecule has 2 aliphatic rings. The first kappa shape index (κ1) is 16.3. The summed E-state index contributed by atoms with van der Waals surface area (Å²) in [6.45, 7) is 7.90. The normalized spacial score (nSPS) is 58.5. The molecule has 1 fully saturated rings. The van der Waals surface area contributed by atoms with Crippen LogP contribution in [0.2, 0.25) is 0 Å². The maximum Gasteiger partial charge on any atom is 0.139 e. The molecule has 0 amide bonds. The minimum Gasteiger partial charge on any atom is -0.385 e. The zero-order valence-electron chi connectivity index (χ0n) is 11.7. The molecule has 2 nitrogen and oxygen atoms in total. The van der Waals surface area contributed by atoms with Crippen LogP contribution in [0, 0.1) is 5.41 Å². The highest BCUT2D eigenvalue weighted by Gasteiger charge is 2.58. The van der Waals surface area contributed by atoms with E-state index in [9.17, 15) is 5.11 Å². The van der Waals surface area contributed by atoms with Crippen molar-refractivity contribution in [3.05, 3.63) is 12.2 Å². The van der Waals surface area contributed by atoms with Gasteiger partial charge in [0.1, 0.15) is 4.51 Å². The highest BCUT2D eigenvalue weighted by Crippen LogP contribution is 2.55. The van der Waals surface area contributed by atoms with E-state index in [1.54, 1.807) is 0 Å². The summed E-state index contributed by atoms with van der Waals surface area (Å²) in [5.41, 5.74) is -1.31. The van der Waals surface area contributed by atoms with Crippen LogP contribution in [0.1, 0.15) is 40.5 Å². The lowest BCUT2D eigenvalue weighted by Crippen LogP contribution is -2.59. The summed E-state index contributed by atoms with van der Waals surface area (Å²) in [6, 6.07) is 0. The molecule has 0 aromatic rings. The largest absolute Gasteiger partial charge is 0.385 e. The molecule has 0 aromatic carbocycles. The lowest BCUT2D eigenvalue weighted by Gasteiger charge is -2.53. The smallest absolute Gasteiger partial charge is 0.139 e. The molecule has 110 valence electrons. The van der Waals surface area contributed by atoms with Gasteiger partial charge >= 0.3 is 0 Å². The summed E-state index contributed by atoms with van der Waals surface area (Å²) in [6.07, 6.45) is 5.07. The molecule has 5 heteroatoms. The fourth-order valence-electron chi connectivity index (χ4n) is 2.96. The summed E-state index contributed by atoms with van der Waals surface area (Å²) in [7, 11) is 0. The van der Waals surface area contributed by atoms with Gasteiger partial charge in [0, 0.05) is 10.2 Å². The third-order valence-electron chi connectivity index (χ3n) is 4.79. The number of hydrogen-bond donors (Lipinski definition) is 1. The number of halogens is 3. The summed E-state index contributed by atoms with van der Waals surface area (Å²) in [5, 5.41) is 10.9. The molecule has 1 saturated carbocycles. The number of alkyl halides is 3. The molecule has 1 aliphatic carbocycles. The third-order valence-corrected chi connectivity index (χ3v) is 7.25. The second-order valence-corrected chi connectivity index (χ2v) is 10.2. The van der Waals surface area contributed by atoms with Crippen molar-refractivity contribution in [3.63, 3.8) is 0 Å². The Balaban J connectivity index is 2.45. The highest BCUT2D eigenvalue weighted by molar-refractivity contribution is 9.10. The summed E-state index contributed by atoms with van der Waals surface area (Å²) >= 11 is 13.8. The average Bonchev–Trinajstić information content (AvgIpc) is 2.28. The summed E-state index contributed by atoms with van der Waals surface area (Å²) in [4.78, 5) is -0.223. The van der Waals surface area contributed by atoms with E-state index < -0.39 is 10.1 Å². The average molecular weight is 417 g/mol. The predicted octanol–water partition coefficient (Wildman–Crippen LogP) is 4.36. The Hall–Kier alpha value is 0.910. The fraction of sp³-hybridized carbons (Fsp3) is 0.857. The molecule has 0 bridgehead atoms. The summed E-state index contributed by atoms with van der Waals surface area (Å²) < 4.78 is 5.63. The molecule has 1 N–H and O–H groups in total. The standard InChI is InChI=1S/C14H21Br2ClO2/c1-11-7-9(15)12(2,17)8-10(11)19-14(4,16)6-5-13(11,3)18/h5-6,9-10,18H,7-8H2,1-4H3/t9?,10?,11?,12?,13-,14?/m1/s1. The van der Waals surface area contributed by atoms with Crippen LogP contribution in [0.15, 0.2) is 12.2 Å². The quantitative estimate of drug-likeness (QED) is 0.470. The third kappa shape index (κ3) is 2.80. The van der Waals surface area contributed by atoms with Gasteiger partial charge in [0.2, 0.25) is 0 Å². The SMILES string of the molecule is CC1(Br)C=C[C@@](C)(O)C2(C)CC(Br)C(C)(Cl)CC2O1. The molecule has 1 heterocycles. The van der Waals surface area contributed by atoms with Crippen LogP contribution in [0.25, 0.3) is 0 Å². The van der Waals surface area contributed by atoms with Crippen LogP contribution in [-0.2, 0) is 4.74 Å². The minimum atomic E-state index is -0.928. The lowest BCUT2D eigenvalue weighted by molar-refractivity contribution is -0.151. The van der Waals surface area contributed by atoms with Crippen LogP contribution >= 0.6 is 43.5 Å². The van der Waals surface area contributed by atoms with Crippen molar-refractivity contribution in [1.82, 2.24) is 0 Å². The van der Waals surface area contributed by atoms with E-state index in [4.69, 9.17) is 16.3 Å². The number of hydrogen-bond acceptors (Lipinski definition) is 2. The fourth-order valence-corrected chi connectivity index (χ4v) is 4.39. The Morgan fingerprint density at radius 2 is 1.79 bits per heavy atom. The lowest BCUT2D eigenvalue weighted by atomic mass is 9.61. The molecular formula is C14H21Br2ClO2. The summed E-state index contributed by atoms with van der Waals surface area (Å²) in [5.74, 6) is 0. The topological polar surface area (TPSA) is 29.5 Å². The van der Waals surface area contributed by atoms with E-state index in [1.807, 2.05) is 32.9 Å². The molecule has 0 radical (unpaired) electrons. The van der Waals surface area contributed by atoms with Crippen LogP contribution in [-0.4, -0.2) is 31.0 Å². The van der Waals surface area contributed by atoms with Crippen LogP contribution in [0.4, 0.5) is 0 Å². The number of fused-ring (bicyclic) bond motifs is 1. The Labute approximate surface area is 137 Å². The van der Waals surface area contributed by atoms with Gasteiger partial charge in [-0.15, -0.1) is 11.6 Å². The van der Waals surface area contributed by atoms with E-state index in [1.165, 1.54) is 0 Å². The number of rotatable bonds is 0. The van der Waals surface area contributed by atoms with Crippen molar-refractivity contribution in [1.29, 1.82) is 0 Å². The van der Waals surface area contributed by atoms with Gasteiger partial charge in [0.05, 0.1) is 16.6 Å². The molecule has 1 aliphatic heterocycles. The van der Waals surface area contributed by atoms with Gasteiger partial charge in [-0.1, -0.05) is 28.9 Å². The van der Waals surface area contributed by atoms with E-state index in [2.05, 4.69) is 38.8 Å². The number of ether oxygens (including phenoxy) is 1. The Morgan fingerprint density at radius 3 is 2.37 bits per heavy atom. The van der Waals surface area contributed by atoms with Crippen molar-refractivity contribution in [2.75, 3.05) is 0 Å². The molecule has 5 unspecified atom stereocenters. The Morgan fingerprint density at radius 1 is 1.21 bits per heavy atom. The van der Waals surface area contributed by atoms with Crippen molar-refractivity contribution in [2.45, 2.75) is 66.5 Å². The van der Waals surface area contributed by atoms with Gasteiger partial charge in [0.25, 0.3) is 0 Å². The van der Waals surface area contributed by atoms with Crippen LogP contribution < -0.4 is 0 Å². The molecular weight excluding hydrogens is 395 g/mol. The van der Waals surface area contributed by atoms with Crippen LogP contribution in [0.5, 0.6) is 0 Å². The van der Waals surface area contributed by atoms with Gasteiger partial charge in [-0.3, -0.25) is 0 Å². The first-order valence-electron chi connectivity index (χ1n) is 6.52. The van der Waals surface area contributed by atoms with Gasteiger partial charge in [-0.05, 0) is 55.6 Å². The van der Waals surface area contributed by atoms with Gasteiger partial charge in [-0.25, -0.2) is 0 Å². The van der Waals surface area contributed by atoms with E-state index >= 15 is 0 Å². The van der Waals surface area contributed by atoms with Crippen molar-refractivity contribution >= 4 is 43.5 Å². The van der Waals surface area contributed by atoms with Gasteiger partial charge in [0.15, 0.2) is 0 Å². The molecule has 0 spiro atoms. The Bertz CT molecular complexity index is 406. The predicted molar refractivity (Wildman–Crippen MR) is 86.3 cm³/mol. The zero-order chi connectivity index (χ0) is 14.7. The second kappa shape index (κ2) is 4.70. The van der Waals surface area contributed by atoms with Crippen molar-refractivity contribution in [3.8, 4) is 0 Å². The Kier molecular flexibility index (Phi) is 4.03. The maximum atomic E-state index is 10.9. The van der Waals surface area contributed by atoms with Crippen LogP contribution in [0.3, 0.4) is 0 Å². The molecule has 2 rings (SSSR count). The molecule has 0 saturated heterocycles. The van der Waals surface area contributed by atoms with E-state index in [0.717, 1.165) is 6.42 Å². The van der Waals surface area contributed by atoms with Gasteiger partial charge in [-0.2, -0.15) is 0 Å². The monoisotopic (exact) mass is 414 g/mol. The van der Waals surface area contributed by atoms with Crippen molar-refractivity contribution in [2.24, 2.45) is 5.41 Å². The number of aliphatic hydroxyl groups is 1. The first-order valence-corrected chi connectivity index (χ1v) is 8.61. The molecule has 6 atom stereocenters. The molecule has 0 aromatic heterocycles. The first-order chi connectivity index (χ1) is 8.40. The maximum absolute atomic E-state index is 10.9. The van der Waals surface area contributed by atoms with Gasteiger partial charge < -0.3 is 9.84 Å². The second-order valence-electron chi connectivity index (χ2n) is 6.64.